The maximum absolute atomic E-state index is 5.87. The molecule has 0 saturated heterocycles. The van der Waals surface area contributed by atoms with Gasteiger partial charge >= 0.3 is 0 Å². The van der Waals surface area contributed by atoms with E-state index < -0.39 is 0 Å². The van der Waals surface area contributed by atoms with Crippen molar-refractivity contribution >= 4 is 34.5 Å². The highest BCUT2D eigenvalue weighted by molar-refractivity contribution is 7.09. The summed E-state index contributed by atoms with van der Waals surface area (Å²) in [5, 5.41) is 2.11. The Hall–Kier alpha value is 0.280. The summed E-state index contributed by atoms with van der Waals surface area (Å²) in [6.07, 6.45) is 2.16. The van der Waals surface area contributed by atoms with Crippen LogP contribution in [0.4, 0.5) is 0 Å². The van der Waals surface area contributed by atoms with Gasteiger partial charge in [0.25, 0.3) is 0 Å². The molecule has 13 heavy (non-hydrogen) atoms. The van der Waals surface area contributed by atoms with Crippen LogP contribution in [0.1, 0.15) is 18.2 Å². The molecule has 0 unspecified atom stereocenters. The van der Waals surface area contributed by atoms with Gasteiger partial charge in [-0.25, -0.2) is 0 Å². The summed E-state index contributed by atoms with van der Waals surface area (Å²) in [7, 11) is 0. The number of hydrogen-bond donors (Lipinski definition) is 0. The van der Waals surface area contributed by atoms with Gasteiger partial charge in [-0.15, -0.1) is 34.5 Å². The molecule has 3 heteroatoms. The van der Waals surface area contributed by atoms with Crippen LogP contribution < -0.4 is 0 Å². The van der Waals surface area contributed by atoms with Gasteiger partial charge in [-0.1, -0.05) is 13.0 Å². The lowest BCUT2D eigenvalue weighted by Gasteiger charge is -2.23. The van der Waals surface area contributed by atoms with Crippen LogP contribution in [-0.4, -0.2) is 11.8 Å². The Kier molecular flexibility index (Phi) is 4.57. The summed E-state index contributed by atoms with van der Waals surface area (Å²) >= 11 is 13.5. The van der Waals surface area contributed by atoms with Crippen molar-refractivity contribution in [3.63, 3.8) is 0 Å². The first-order chi connectivity index (χ1) is 6.20. The van der Waals surface area contributed by atoms with Gasteiger partial charge in [0.05, 0.1) is 0 Å². The lowest BCUT2D eigenvalue weighted by molar-refractivity contribution is 0.392. The molecule has 0 spiro atoms. The second-order valence-corrected chi connectivity index (χ2v) is 5.22. The van der Waals surface area contributed by atoms with Crippen molar-refractivity contribution in [2.75, 3.05) is 11.8 Å². The van der Waals surface area contributed by atoms with E-state index in [1.165, 1.54) is 4.88 Å². The normalized spacial score (nSPS) is 11.9. The highest BCUT2D eigenvalue weighted by Gasteiger charge is 2.21. The number of hydrogen-bond acceptors (Lipinski definition) is 1. The fraction of sp³-hybridized carbons (Fsp3) is 0.600. The zero-order valence-electron chi connectivity index (χ0n) is 7.72. The van der Waals surface area contributed by atoms with E-state index in [1.54, 1.807) is 11.3 Å². The Labute approximate surface area is 93.9 Å². The molecule has 74 valence electrons. The molecule has 1 aromatic heterocycles. The molecular weight excluding hydrogens is 223 g/mol. The van der Waals surface area contributed by atoms with Gasteiger partial charge in [0.2, 0.25) is 0 Å². The Morgan fingerprint density at radius 3 is 2.54 bits per heavy atom. The molecule has 0 aromatic carbocycles. The van der Waals surface area contributed by atoms with Crippen molar-refractivity contribution < 1.29 is 0 Å². The third kappa shape index (κ3) is 3.49. The van der Waals surface area contributed by atoms with Crippen LogP contribution in [0.5, 0.6) is 0 Å². The lowest BCUT2D eigenvalue weighted by Crippen LogP contribution is -2.21. The van der Waals surface area contributed by atoms with Crippen molar-refractivity contribution in [3.05, 3.63) is 22.4 Å². The van der Waals surface area contributed by atoms with E-state index in [1.807, 2.05) is 0 Å². The van der Waals surface area contributed by atoms with E-state index in [9.17, 15) is 0 Å². The van der Waals surface area contributed by atoms with E-state index >= 15 is 0 Å². The molecule has 0 amide bonds. The smallest absolute Gasteiger partial charge is 0.0288 e. The molecule has 1 aromatic rings. The fourth-order valence-corrected chi connectivity index (χ4v) is 2.31. The monoisotopic (exact) mass is 236 g/mol. The fourth-order valence-electron chi connectivity index (χ4n) is 1.05. The highest BCUT2D eigenvalue weighted by atomic mass is 35.5. The number of halogens is 2. The number of thiophene rings is 1. The molecule has 0 nitrogen and oxygen atoms in total. The van der Waals surface area contributed by atoms with Crippen LogP contribution in [0.3, 0.4) is 0 Å². The zero-order chi connectivity index (χ0) is 9.73. The predicted octanol–water partition coefficient (Wildman–Crippen LogP) is 4.16. The summed E-state index contributed by atoms with van der Waals surface area (Å²) in [6, 6.07) is 4.24. The number of rotatable bonds is 5. The zero-order valence-corrected chi connectivity index (χ0v) is 10.1. The maximum Gasteiger partial charge on any atom is 0.0288 e. The third-order valence-corrected chi connectivity index (χ3v) is 4.43. The Balaban J connectivity index is 2.41. The predicted molar refractivity (Wildman–Crippen MR) is 62.2 cm³/mol. The first-order valence-corrected chi connectivity index (χ1v) is 6.29. The molecule has 0 saturated carbocycles. The highest BCUT2D eigenvalue weighted by Crippen LogP contribution is 2.27. The first-order valence-electron chi connectivity index (χ1n) is 4.34. The molecule has 1 heterocycles. The number of alkyl halides is 2. The molecule has 0 fully saturated rings. The Bertz CT molecular complexity index is 227. The summed E-state index contributed by atoms with van der Waals surface area (Å²) in [5.74, 6) is 1.28. The van der Waals surface area contributed by atoms with Crippen LogP contribution in [0.2, 0.25) is 0 Å². The molecule has 0 bridgehead atoms. The Morgan fingerprint density at radius 2 is 2.08 bits per heavy atom. The van der Waals surface area contributed by atoms with Crippen LogP contribution in [0.15, 0.2) is 17.5 Å². The third-order valence-electron chi connectivity index (χ3n) is 2.20. The molecule has 0 atom stereocenters. The van der Waals surface area contributed by atoms with Crippen molar-refractivity contribution in [1.82, 2.24) is 0 Å². The average Bonchev–Trinajstić information content (AvgIpc) is 2.67. The van der Waals surface area contributed by atoms with Crippen LogP contribution in [0.25, 0.3) is 0 Å². The van der Waals surface area contributed by atoms with Crippen molar-refractivity contribution in [3.8, 4) is 0 Å². The topological polar surface area (TPSA) is 0 Å². The van der Waals surface area contributed by atoms with E-state index in [2.05, 4.69) is 24.4 Å². The van der Waals surface area contributed by atoms with E-state index in [0.717, 1.165) is 12.8 Å². The number of aryl methyl sites for hydroxylation is 1. The minimum absolute atomic E-state index is 0.0904. The van der Waals surface area contributed by atoms with Gasteiger partial charge in [0.1, 0.15) is 0 Å². The second kappa shape index (κ2) is 5.23. The van der Waals surface area contributed by atoms with Gasteiger partial charge in [-0.2, -0.15) is 0 Å². The lowest BCUT2D eigenvalue weighted by atomic mass is 9.90. The van der Waals surface area contributed by atoms with Crippen LogP contribution in [-0.2, 0) is 6.42 Å². The van der Waals surface area contributed by atoms with Crippen molar-refractivity contribution in [2.24, 2.45) is 5.41 Å². The molecule has 0 aliphatic carbocycles. The second-order valence-electron chi connectivity index (χ2n) is 3.66. The van der Waals surface area contributed by atoms with Crippen LogP contribution in [0, 0.1) is 5.41 Å². The van der Waals surface area contributed by atoms with Crippen molar-refractivity contribution in [2.45, 2.75) is 19.8 Å². The Morgan fingerprint density at radius 1 is 1.38 bits per heavy atom. The molecule has 0 radical (unpaired) electrons. The van der Waals surface area contributed by atoms with Gasteiger partial charge in [0, 0.05) is 16.6 Å². The van der Waals surface area contributed by atoms with Crippen molar-refractivity contribution in [1.29, 1.82) is 0 Å². The van der Waals surface area contributed by atoms with Gasteiger partial charge < -0.3 is 0 Å². The maximum atomic E-state index is 5.87. The molecule has 0 aliphatic rings. The quantitative estimate of drug-likeness (QED) is 0.674. The summed E-state index contributed by atoms with van der Waals surface area (Å²) in [5.41, 5.74) is 0.0904. The minimum atomic E-state index is 0.0904. The van der Waals surface area contributed by atoms with E-state index in [0.29, 0.717) is 11.8 Å². The SMILES string of the molecule is CC(CCl)(CCl)CCc1cccs1. The van der Waals surface area contributed by atoms with Crippen LogP contribution >= 0.6 is 34.5 Å². The standard InChI is InChI=1S/C10H14Cl2S/c1-10(7-11,8-12)5-4-9-3-2-6-13-9/h2-3,6H,4-5,7-8H2,1H3. The average molecular weight is 237 g/mol. The largest absolute Gasteiger partial charge is 0.149 e. The van der Waals surface area contributed by atoms with Gasteiger partial charge in [0.15, 0.2) is 0 Å². The molecule has 0 aliphatic heterocycles. The summed E-state index contributed by atoms with van der Waals surface area (Å²) in [4.78, 5) is 1.42. The minimum Gasteiger partial charge on any atom is -0.149 e. The summed E-state index contributed by atoms with van der Waals surface area (Å²) in [6.45, 7) is 2.14. The first kappa shape index (κ1) is 11.4. The van der Waals surface area contributed by atoms with E-state index in [-0.39, 0.29) is 5.41 Å². The van der Waals surface area contributed by atoms with Gasteiger partial charge in [-0.05, 0) is 29.7 Å². The van der Waals surface area contributed by atoms with E-state index in [4.69, 9.17) is 23.2 Å². The summed E-state index contributed by atoms with van der Waals surface area (Å²) < 4.78 is 0. The molecular formula is C10H14Cl2S. The van der Waals surface area contributed by atoms with Gasteiger partial charge in [-0.3, -0.25) is 0 Å². The molecule has 1 rings (SSSR count). The molecule has 0 N–H and O–H groups in total.